The van der Waals surface area contributed by atoms with Crippen molar-refractivity contribution in [3.05, 3.63) is 0 Å². The van der Waals surface area contributed by atoms with Crippen molar-refractivity contribution in [1.82, 2.24) is 0 Å². The van der Waals surface area contributed by atoms with Gasteiger partial charge >= 0.3 is 18.5 Å². The molecule has 0 aromatic rings. The molecule has 7 N–H and O–H groups in total. The van der Waals surface area contributed by atoms with E-state index in [1.165, 1.54) is 0 Å². The van der Waals surface area contributed by atoms with Crippen molar-refractivity contribution in [3.8, 4) is 0 Å². The molecule has 32 heteroatoms. The van der Waals surface area contributed by atoms with Crippen molar-refractivity contribution >= 4 is 18.5 Å². The van der Waals surface area contributed by atoms with E-state index >= 15 is 0 Å². The van der Waals surface area contributed by atoms with Crippen LogP contribution in [-0.2, 0) is 104 Å². The lowest BCUT2D eigenvalue weighted by atomic mass is 9.88. The second-order valence-corrected chi connectivity index (χ2v) is 31.0. The summed E-state index contributed by atoms with van der Waals surface area (Å²) in [4.78, 5) is 38.9. The van der Waals surface area contributed by atoms with E-state index in [-0.39, 0.29) is 184 Å². The molecule has 18 unspecified atom stereocenters. The number of aliphatic hydroxyl groups excluding tert-OH is 7. The summed E-state index contributed by atoms with van der Waals surface area (Å²) >= 11 is 0. The smallest absolute Gasteiger partial charge is 0.429 e. The van der Waals surface area contributed by atoms with Crippen LogP contribution in [0.1, 0.15) is 171 Å². The first kappa shape index (κ1) is 107. The molecule has 32 nitrogen and oxygen atoms in total. The van der Waals surface area contributed by atoms with E-state index in [1.54, 1.807) is 90.0 Å². The average molecular weight is 1600 g/mol. The molecule has 0 saturated heterocycles. The van der Waals surface area contributed by atoms with Crippen LogP contribution in [0.3, 0.4) is 0 Å². The number of hydrogen-bond acceptors (Lipinski definition) is 32. The van der Waals surface area contributed by atoms with Gasteiger partial charge in [0.05, 0.1) is 253 Å². The molecule has 0 aromatic heterocycles. The molecule has 0 amide bonds. The zero-order chi connectivity index (χ0) is 83.2. The summed E-state index contributed by atoms with van der Waals surface area (Å²) < 4.78 is 129. The average Bonchev–Trinajstić information content (AvgIpc) is 0.893. The molecule has 0 rings (SSSR count). The Morgan fingerprint density at radius 3 is 0.418 bits per heavy atom. The van der Waals surface area contributed by atoms with Gasteiger partial charge in [-0.15, -0.1) is 0 Å². The number of hydrogen-bond donors (Lipinski definition) is 7. The molecule has 0 aliphatic heterocycles. The first-order valence-corrected chi connectivity index (χ1v) is 39.6. The highest BCUT2D eigenvalue weighted by atomic mass is 16.8. The number of aliphatic hydroxyl groups is 7. The molecule has 110 heavy (non-hydrogen) atoms. The van der Waals surface area contributed by atoms with E-state index in [9.17, 15) is 50.1 Å². The zero-order valence-corrected chi connectivity index (χ0v) is 70.7. The van der Waals surface area contributed by atoms with Gasteiger partial charge in [0, 0.05) is 27.1 Å². The molecule has 0 aliphatic carbocycles. The Morgan fingerprint density at radius 1 is 0.200 bits per heavy atom. The molecule has 0 saturated carbocycles. The lowest BCUT2D eigenvalue weighted by Gasteiger charge is -2.33. The van der Waals surface area contributed by atoms with E-state index in [0.717, 1.165) is 0 Å². The fraction of sp³-hybridized carbons (Fsp3) is 0.962. The van der Waals surface area contributed by atoms with Crippen molar-refractivity contribution in [2.24, 2.45) is 27.1 Å². The van der Waals surface area contributed by atoms with Crippen LogP contribution >= 0.6 is 0 Å². The summed E-state index contributed by atoms with van der Waals surface area (Å²) in [5.41, 5.74) is -3.15. The van der Waals surface area contributed by atoms with Gasteiger partial charge in [0.1, 0.15) is 36.6 Å². The Balaban J connectivity index is 5.41. The Kier molecular flexibility index (Phi) is 59.5. The molecule has 0 heterocycles. The van der Waals surface area contributed by atoms with E-state index in [2.05, 4.69) is 0 Å². The molecule has 18 atom stereocenters. The van der Waals surface area contributed by atoms with Gasteiger partial charge in [-0.2, -0.15) is 0 Å². The fourth-order valence-corrected chi connectivity index (χ4v) is 10.6. The molecule has 0 aliphatic rings. The number of carbonyl (C=O) groups excluding carboxylic acids is 3. The summed E-state index contributed by atoms with van der Waals surface area (Å²) in [6, 6.07) is 0. The number of ether oxygens (including phenoxy) is 22. The second-order valence-electron chi connectivity index (χ2n) is 31.0. The zero-order valence-electron chi connectivity index (χ0n) is 70.7. The molecular weight excluding hydrogens is 1450 g/mol. The van der Waals surface area contributed by atoms with Gasteiger partial charge < -0.3 is 140 Å². The van der Waals surface area contributed by atoms with E-state index in [4.69, 9.17) is 104 Å². The van der Waals surface area contributed by atoms with Crippen molar-refractivity contribution in [3.63, 3.8) is 0 Å². The van der Waals surface area contributed by atoms with Crippen LogP contribution in [0, 0.1) is 27.1 Å². The van der Waals surface area contributed by atoms with Crippen LogP contribution in [0.4, 0.5) is 14.4 Å². The first-order valence-electron chi connectivity index (χ1n) is 39.6. The van der Waals surface area contributed by atoms with Crippen molar-refractivity contribution in [1.29, 1.82) is 0 Å². The minimum Gasteiger partial charge on any atom is -0.429 e. The first-order chi connectivity index (χ1) is 51.9. The standard InChI is InChI=1S/C78H152O32/c1-21-74(41-89-26-56(6)79,42-90-27-57(7)80)48-96-33-63(13)104-64(14)34-97-50-76(23-3,45-93-30-60(10)83)51-99-36-66(16)106-72(87)108-68(18)38-101-54-78(25-5,47-95-32-62(12)85)55-103-40-70(20)110-73(88)109-69(19)39-102-53-77(24-4,46-94-31-61(11)84)52-100-37-67(17)107-71(86)105-65(15)35-98-49-75(22-2,43-91-28-58(8)81)44-92-29-59(9)82/h56-70,79-85H,21-55H2,1-20H3. The normalized spacial score (nSPS) is 19.0. The Labute approximate surface area is 657 Å². The largest absolute Gasteiger partial charge is 0.508 e. The minimum atomic E-state index is -0.944. The van der Waals surface area contributed by atoms with Crippen LogP contribution in [0.5, 0.6) is 0 Å². The highest BCUT2D eigenvalue weighted by Gasteiger charge is 2.37. The minimum absolute atomic E-state index is 0.00475. The third kappa shape index (κ3) is 53.9. The molecule has 656 valence electrons. The lowest BCUT2D eigenvalue weighted by molar-refractivity contribution is -0.124. The van der Waals surface area contributed by atoms with Crippen LogP contribution in [0.25, 0.3) is 0 Å². The highest BCUT2D eigenvalue weighted by Crippen LogP contribution is 2.30. The van der Waals surface area contributed by atoms with Gasteiger partial charge in [-0.25, -0.2) is 14.4 Å². The van der Waals surface area contributed by atoms with E-state index in [0.29, 0.717) is 58.5 Å². The van der Waals surface area contributed by atoms with Gasteiger partial charge in [0.15, 0.2) is 0 Å². The third-order valence-corrected chi connectivity index (χ3v) is 17.5. The fourth-order valence-electron chi connectivity index (χ4n) is 10.6. The molecule has 0 bridgehead atoms. The van der Waals surface area contributed by atoms with Gasteiger partial charge in [-0.05, 0) is 136 Å². The second kappa shape index (κ2) is 61.3. The molecule has 0 aromatic carbocycles. The number of carbonyl (C=O) groups is 3. The molecule has 0 radical (unpaired) electrons. The maximum absolute atomic E-state index is 13.1. The van der Waals surface area contributed by atoms with Crippen molar-refractivity contribution in [2.45, 2.75) is 262 Å². The molecule has 0 fully saturated rings. The van der Waals surface area contributed by atoms with E-state index < -0.39 is 125 Å². The SMILES string of the molecule is CCC(COCC(C)O)(COCC(C)O)COCC(C)OC(=O)OC(C)COCC(CC)(COCC(C)O)COCC(C)OC(=O)OC(C)COCC(CC)(COCC(C)O)COCC(C)OC(=O)OC(C)COCC(CC)(COCC(C)O)COCC(C)OC(C)COCC(CC)(COCC(C)O)COCC(C)O. The van der Waals surface area contributed by atoms with Gasteiger partial charge in [0.2, 0.25) is 0 Å². The van der Waals surface area contributed by atoms with Gasteiger partial charge in [-0.3, -0.25) is 0 Å². The summed E-state index contributed by atoms with van der Waals surface area (Å²) in [6.45, 7) is 39.5. The predicted octanol–water partition coefficient (Wildman–Crippen LogP) is 7.47. The maximum atomic E-state index is 13.1. The summed E-state index contributed by atoms with van der Waals surface area (Å²) in [5, 5.41) is 68.9. The van der Waals surface area contributed by atoms with Crippen LogP contribution in [0.2, 0.25) is 0 Å². The summed E-state index contributed by atoms with van der Waals surface area (Å²) in [7, 11) is 0. The monoisotopic (exact) mass is 1600 g/mol. The molecule has 0 spiro atoms. The quantitative estimate of drug-likeness (QED) is 0.0229. The van der Waals surface area contributed by atoms with Crippen LogP contribution < -0.4 is 0 Å². The van der Waals surface area contributed by atoms with Crippen molar-refractivity contribution < 1.29 is 154 Å². The topological polar surface area (TPSA) is 396 Å². The van der Waals surface area contributed by atoms with Crippen molar-refractivity contribution in [2.75, 3.05) is 198 Å². The third-order valence-electron chi connectivity index (χ3n) is 17.5. The molecular formula is C78H152O32. The summed E-state index contributed by atoms with van der Waals surface area (Å²) in [6.07, 6.45) is -9.44. The van der Waals surface area contributed by atoms with Gasteiger partial charge in [-0.1, -0.05) is 34.6 Å². The predicted molar refractivity (Wildman–Crippen MR) is 407 cm³/mol. The Hall–Kier alpha value is -3.11. The van der Waals surface area contributed by atoms with Gasteiger partial charge in [0.25, 0.3) is 0 Å². The summed E-state index contributed by atoms with van der Waals surface area (Å²) in [5.74, 6) is 0. The van der Waals surface area contributed by atoms with Crippen LogP contribution in [-0.4, -0.2) is 344 Å². The highest BCUT2D eigenvalue weighted by molar-refractivity contribution is 5.61. The lowest BCUT2D eigenvalue weighted by Crippen LogP contribution is -2.40. The number of rotatable bonds is 73. The Bertz CT molecular complexity index is 2210. The Morgan fingerprint density at radius 2 is 0.309 bits per heavy atom. The maximum Gasteiger partial charge on any atom is 0.508 e. The van der Waals surface area contributed by atoms with E-state index in [1.807, 2.05) is 48.5 Å². The van der Waals surface area contributed by atoms with Crippen LogP contribution in [0.15, 0.2) is 0 Å².